The summed E-state index contributed by atoms with van der Waals surface area (Å²) in [6.45, 7) is 1.31. The van der Waals surface area contributed by atoms with Crippen molar-refractivity contribution in [2.45, 2.75) is 11.0 Å². The molecular formula is C12H18BrNO4S. The molecular weight excluding hydrogens is 334 g/mol. The Morgan fingerprint density at radius 1 is 1.47 bits per heavy atom. The van der Waals surface area contributed by atoms with Crippen LogP contribution in [0.3, 0.4) is 0 Å². The SMILES string of the molecule is COCCNCC(O)CS(=O)(=O)c1cccc(Br)c1. The normalized spacial score (nSPS) is 13.4. The molecule has 0 aliphatic heterocycles. The number of nitrogens with one attached hydrogen (secondary N) is 1. The number of aliphatic hydroxyl groups excluding tert-OH is 1. The van der Waals surface area contributed by atoms with E-state index >= 15 is 0 Å². The highest BCUT2D eigenvalue weighted by Gasteiger charge is 2.19. The number of methoxy groups -OCH3 is 1. The molecule has 0 aromatic heterocycles. The molecule has 5 nitrogen and oxygen atoms in total. The summed E-state index contributed by atoms with van der Waals surface area (Å²) < 4.78 is 29.6. The first-order valence-electron chi connectivity index (χ1n) is 5.82. The lowest BCUT2D eigenvalue weighted by Gasteiger charge is -2.12. The highest BCUT2D eigenvalue weighted by atomic mass is 79.9. The molecule has 0 fully saturated rings. The van der Waals surface area contributed by atoms with Crippen molar-refractivity contribution in [3.63, 3.8) is 0 Å². The first kappa shape index (κ1) is 16.6. The van der Waals surface area contributed by atoms with E-state index in [1.54, 1.807) is 19.2 Å². The van der Waals surface area contributed by atoms with E-state index in [1.807, 2.05) is 0 Å². The maximum absolute atomic E-state index is 12.1. The van der Waals surface area contributed by atoms with Crippen molar-refractivity contribution in [1.29, 1.82) is 0 Å². The highest BCUT2D eigenvalue weighted by molar-refractivity contribution is 9.10. The number of sulfone groups is 1. The van der Waals surface area contributed by atoms with Crippen molar-refractivity contribution >= 4 is 25.8 Å². The van der Waals surface area contributed by atoms with Crippen molar-refractivity contribution in [3.05, 3.63) is 28.7 Å². The Morgan fingerprint density at radius 2 is 2.21 bits per heavy atom. The molecule has 0 aliphatic rings. The molecule has 0 aliphatic carbocycles. The van der Waals surface area contributed by atoms with Gasteiger partial charge in [-0.2, -0.15) is 0 Å². The summed E-state index contributed by atoms with van der Waals surface area (Å²) in [6, 6.07) is 6.45. The van der Waals surface area contributed by atoms with Gasteiger partial charge in [0.2, 0.25) is 0 Å². The van der Waals surface area contributed by atoms with Gasteiger partial charge in [0, 0.05) is 24.7 Å². The van der Waals surface area contributed by atoms with Crippen LogP contribution in [0.1, 0.15) is 0 Å². The average molecular weight is 352 g/mol. The molecule has 0 saturated carbocycles. The standard InChI is InChI=1S/C12H18BrNO4S/c1-18-6-5-14-8-11(15)9-19(16,17)12-4-2-3-10(13)7-12/h2-4,7,11,14-15H,5-6,8-9H2,1H3. The fourth-order valence-corrected chi connectivity index (χ4v) is 3.47. The van der Waals surface area contributed by atoms with E-state index in [4.69, 9.17) is 4.74 Å². The van der Waals surface area contributed by atoms with Crippen molar-refractivity contribution in [1.82, 2.24) is 5.32 Å². The maximum atomic E-state index is 12.1. The van der Waals surface area contributed by atoms with E-state index in [1.165, 1.54) is 12.1 Å². The Hall–Kier alpha value is -0.470. The number of hydrogen-bond donors (Lipinski definition) is 2. The minimum absolute atomic E-state index is 0.206. The quantitative estimate of drug-likeness (QED) is 0.678. The van der Waals surface area contributed by atoms with Gasteiger partial charge >= 0.3 is 0 Å². The second-order valence-corrected chi connectivity index (χ2v) is 7.04. The molecule has 1 aromatic rings. The summed E-state index contributed by atoms with van der Waals surface area (Å²) in [4.78, 5) is 0.206. The van der Waals surface area contributed by atoms with Crippen molar-refractivity contribution in [2.75, 3.05) is 32.6 Å². The van der Waals surface area contributed by atoms with Crippen LogP contribution in [0.5, 0.6) is 0 Å². The van der Waals surface area contributed by atoms with Crippen LogP contribution in [0.15, 0.2) is 33.6 Å². The molecule has 1 rings (SSSR count). The zero-order valence-corrected chi connectivity index (χ0v) is 13.1. The van der Waals surface area contributed by atoms with E-state index in [9.17, 15) is 13.5 Å². The average Bonchev–Trinajstić information content (AvgIpc) is 2.34. The summed E-state index contributed by atoms with van der Waals surface area (Å²) in [5.41, 5.74) is 0. The van der Waals surface area contributed by atoms with Gasteiger partial charge in [-0.05, 0) is 18.2 Å². The van der Waals surface area contributed by atoms with E-state index in [-0.39, 0.29) is 17.2 Å². The largest absolute Gasteiger partial charge is 0.391 e. The molecule has 0 spiro atoms. The van der Waals surface area contributed by atoms with Crippen molar-refractivity contribution in [3.8, 4) is 0 Å². The molecule has 7 heteroatoms. The van der Waals surface area contributed by atoms with E-state index in [0.29, 0.717) is 17.6 Å². The molecule has 0 saturated heterocycles. The van der Waals surface area contributed by atoms with E-state index < -0.39 is 15.9 Å². The molecule has 2 N–H and O–H groups in total. The van der Waals surface area contributed by atoms with Crippen LogP contribution >= 0.6 is 15.9 Å². The van der Waals surface area contributed by atoms with E-state index in [2.05, 4.69) is 21.2 Å². The smallest absolute Gasteiger partial charge is 0.180 e. The molecule has 0 bridgehead atoms. The summed E-state index contributed by atoms with van der Waals surface area (Å²) in [5, 5.41) is 12.6. The van der Waals surface area contributed by atoms with Gasteiger partial charge in [-0.25, -0.2) is 8.42 Å². The molecule has 1 aromatic carbocycles. The lowest BCUT2D eigenvalue weighted by Crippen LogP contribution is -2.34. The Morgan fingerprint density at radius 3 is 2.84 bits per heavy atom. The maximum Gasteiger partial charge on any atom is 0.180 e. The minimum atomic E-state index is -3.48. The fourth-order valence-electron chi connectivity index (χ4n) is 1.51. The van der Waals surface area contributed by atoms with Crippen molar-refractivity contribution < 1.29 is 18.3 Å². The summed E-state index contributed by atoms with van der Waals surface area (Å²) in [6.07, 6.45) is -0.944. The summed E-state index contributed by atoms with van der Waals surface area (Å²) in [7, 11) is -1.90. The van der Waals surface area contributed by atoms with Crippen LogP contribution in [0.2, 0.25) is 0 Å². The topological polar surface area (TPSA) is 75.6 Å². The first-order chi connectivity index (χ1) is 8.95. The monoisotopic (exact) mass is 351 g/mol. The third kappa shape index (κ3) is 6.01. The molecule has 1 atom stereocenters. The molecule has 1 unspecified atom stereocenters. The molecule has 0 amide bonds. The van der Waals surface area contributed by atoms with Crippen LogP contribution in [0.25, 0.3) is 0 Å². The Balaban J connectivity index is 2.55. The predicted molar refractivity (Wildman–Crippen MR) is 76.9 cm³/mol. The number of benzene rings is 1. The molecule has 0 heterocycles. The van der Waals surface area contributed by atoms with E-state index in [0.717, 1.165) is 0 Å². The van der Waals surface area contributed by atoms with Gasteiger partial charge in [0.1, 0.15) is 0 Å². The Labute approximate surface area is 122 Å². The third-order valence-electron chi connectivity index (χ3n) is 2.43. The van der Waals surface area contributed by atoms with Crippen LogP contribution in [0.4, 0.5) is 0 Å². The lowest BCUT2D eigenvalue weighted by molar-refractivity contribution is 0.174. The molecule has 108 valence electrons. The second kappa shape index (κ2) is 7.96. The highest BCUT2D eigenvalue weighted by Crippen LogP contribution is 2.17. The van der Waals surface area contributed by atoms with Crippen molar-refractivity contribution in [2.24, 2.45) is 0 Å². The Bertz CT molecular complexity index is 492. The lowest BCUT2D eigenvalue weighted by atomic mass is 10.4. The van der Waals surface area contributed by atoms with Gasteiger partial charge in [0.15, 0.2) is 9.84 Å². The van der Waals surface area contributed by atoms with Gasteiger partial charge in [0.05, 0.1) is 23.4 Å². The zero-order chi connectivity index (χ0) is 14.3. The van der Waals surface area contributed by atoms with Crippen LogP contribution in [0, 0.1) is 0 Å². The number of aliphatic hydroxyl groups is 1. The molecule has 0 radical (unpaired) electrons. The number of halogens is 1. The second-order valence-electron chi connectivity index (χ2n) is 4.09. The van der Waals surface area contributed by atoms with Crippen LogP contribution < -0.4 is 5.32 Å². The predicted octanol–water partition coefficient (Wildman–Crippen LogP) is 0.820. The third-order valence-corrected chi connectivity index (χ3v) is 4.72. The number of rotatable bonds is 8. The van der Waals surface area contributed by atoms with Crippen LogP contribution in [-0.4, -0.2) is 52.2 Å². The van der Waals surface area contributed by atoms with Gasteiger partial charge < -0.3 is 15.2 Å². The number of ether oxygens (including phenoxy) is 1. The fraction of sp³-hybridized carbons (Fsp3) is 0.500. The molecule has 19 heavy (non-hydrogen) atoms. The summed E-state index contributed by atoms with van der Waals surface area (Å²) >= 11 is 3.23. The Kier molecular flexibility index (Phi) is 6.95. The van der Waals surface area contributed by atoms with Gasteiger partial charge in [0.25, 0.3) is 0 Å². The van der Waals surface area contributed by atoms with Crippen LogP contribution in [-0.2, 0) is 14.6 Å². The first-order valence-corrected chi connectivity index (χ1v) is 8.26. The van der Waals surface area contributed by atoms with Gasteiger partial charge in [-0.3, -0.25) is 0 Å². The number of hydrogen-bond acceptors (Lipinski definition) is 5. The minimum Gasteiger partial charge on any atom is -0.391 e. The van der Waals surface area contributed by atoms with Gasteiger partial charge in [-0.15, -0.1) is 0 Å². The zero-order valence-electron chi connectivity index (χ0n) is 10.7. The summed E-state index contributed by atoms with van der Waals surface area (Å²) in [5.74, 6) is -0.302. The van der Waals surface area contributed by atoms with Gasteiger partial charge in [-0.1, -0.05) is 22.0 Å².